The van der Waals surface area contributed by atoms with E-state index in [4.69, 9.17) is 5.11 Å². The highest BCUT2D eigenvalue weighted by Crippen LogP contribution is 2.16. The summed E-state index contributed by atoms with van der Waals surface area (Å²) in [6, 6.07) is 10.5. The zero-order valence-corrected chi connectivity index (χ0v) is 12.5. The zero-order valence-electron chi connectivity index (χ0n) is 12.5. The van der Waals surface area contributed by atoms with Gasteiger partial charge in [-0.15, -0.1) is 0 Å². The molecule has 0 aromatic heterocycles. The van der Waals surface area contributed by atoms with Crippen LogP contribution in [0.1, 0.15) is 46.1 Å². The van der Waals surface area contributed by atoms with E-state index in [-0.39, 0.29) is 0 Å². The van der Waals surface area contributed by atoms with Gasteiger partial charge in [0.1, 0.15) is 0 Å². The second-order valence-electron chi connectivity index (χ2n) is 3.24. The predicted octanol–water partition coefficient (Wildman–Crippen LogP) is 5.08. The molecular formula is C17H28O. The lowest BCUT2D eigenvalue weighted by atomic mass is 10.0. The molecule has 0 atom stereocenters. The summed E-state index contributed by atoms with van der Waals surface area (Å²) in [5.41, 5.74) is 2.63. The number of aliphatic hydroxyl groups excluding tert-OH is 1. The number of aliphatic hydroxyl groups is 1. The molecule has 0 amide bonds. The number of rotatable bonds is 4. The maximum atomic E-state index is 7.00. The first kappa shape index (κ1) is 19.0. The average Bonchev–Trinajstić information content (AvgIpc) is 2.48. The second kappa shape index (κ2) is 15.7. The lowest BCUT2D eigenvalue weighted by molar-refractivity contribution is 0.399. The van der Waals surface area contributed by atoms with Crippen molar-refractivity contribution in [2.75, 3.05) is 7.11 Å². The maximum Gasteiger partial charge on any atom is 0.0319 e. The average molecular weight is 248 g/mol. The van der Waals surface area contributed by atoms with E-state index >= 15 is 0 Å². The Kier molecular flexibility index (Phi) is 16.5. The lowest BCUT2D eigenvalue weighted by Crippen LogP contribution is -1.79. The van der Waals surface area contributed by atoms with Crippen molar-refractivity contribution >= 4 is 5.57 Å². The third-order valence-electron chi connectivity index (χ3n) is 2.06. The van der Waals surface area contributed by atoms with Crippen LogP contribution in [0.5, 0.6) is 0 Å². The number of allylic oxidation sites excluding steroid dienone is 4. The third-order valence-corrected chi connectivity index (χ3v) is 2.06. The molecule has 0 heterocycles. The van der Waals surface area contributed by atoms with Crippen LogP contribution in [0.4, 0.5) is 0 Å². The van der Waals surface area contributed by atoms with Crippen molar-refractivity contribution < 1.29 is 5.11 Å². The molecule has 1 heteroatoms. The molecule has 1 rings (SSSR count). The van der Waals surface area contributed by atoms with Gasteiger partial charge in [-0.05, 0) is 24.0 Å². The van der Waals surface area contributed by atoms with Crippen LogP contribution in [0.2, 0.25) is 0 Å². The third kappa shape index (κ3) is 8.77. The van der Waals surface area contributed by atoms with Crippen molar-refractivity contribution in [3.05, 3.63) is 54.1 Å². The molecule has 102 valence electrons. The SMILES string of the molecule is CC.CC/C=C\C(=C/CC)c1ccccc1.CO. The lowest BCUT2D eigenvalue weighted by Gasteiger charge is -2.01. The van der Waals surface area contributed by atoms with E-state index in [2.05, 4.69) is 62.4 Å². The standard InChI is InChI=1S/C14H18.C2H6.CH4O/c1-3-5-10-13(9-4-2)14-11-7-6-8-12-14;2*1-2/h5-12H,3-4H2,1-2H3;1-2H3;2H,1H3/b10-5-,13-9+;;. The van der Waals surface area contributed by atoms with Gasteiger partial charge in [-0.1, -0.05) is 76.3 Å². The van der Waals surface area contributed by atoms with Crippen molar-refractivity contribution in [2.24, 2.45) is 0 Å². The summed E-state index contributed by atoms with van der Waals surface area (Å²) in [5.74, 6) is 0. The Bertz CT molecular complexity index is 310. The molecule has 0 fully saturated rings. The minimum atomic E-state index is 1.00. The van der Waals surface area contributed by atoms with E-state index < -0.39 is 0 Å². The quantitative estimate of drug-likeness (QED) is 0.737. The first-order valence-corrected chi connectivity index (χ1v) is 6.75. The van der Waals surface area contributed by atoms with E-state index in [1.165, 1.54) is 11.1 Å². The van der Waals surface area contributed by atoms with Crippen molar-refractivity contribution in [3.8, 4) is 0 Å². The van der Waals surface area contributed by atoms with Crippen LogP contribution in [-0.2, 0) is 0 Å². The van der Waals surface area contributed by atoms with Crippen molar-refractivity contribution in [3.63, 3.8) is 0 Å². The molecule has 1 N–H and O–H groups in total. The van der Waals surface area contributed by atoms with Gasteiger partial charge in [-0.3, -0.25) is 0 Å². The highest BCUT2D eigenvalue weighted by molar-refractivity contribution is 5.73. The van der Waals surface area contributed by atoms with Crippen LogP contribution >= 0.6 is 0 Å². The summed E-state index contributed by atoms with van der Waals surface area (Å²) >= 11 is 0. The fourth-order valence-corrected chi connectivity index (χ4v) is 1.38. The van der Waals surface area contributed by atoms with Gasteiger partial charge in [0.05, 0.1) is 0 Å². The van der Waals surface area contributed by atoms with Crippen molar-refractivity contribution in [1.82, 2.24) is 0 Å². The van der Waals surface area contributed by atoms with Gasteiger partial charge in [-0.25, -0.2) is 0 Å². The van der Waals surface area contributed by atoms with Crippen molar-refractivity contribution in [1.29, 1.82) is 0 Å². The first-order chi connectivity index (χ1) is 8.88. The van der Waals surface area contributed by atoms with Crippen LogP contribution in [0.25, 0.3) is 5.57 Å². The number of benzene rings is 1. The molecule has 0 saturated carbocycles. The Labute approximate surface area is 113 Å². The van der Waals surface area contributed by atoms with Gasteiger partial charge in [0.25, 0.3) is 0 Å². The smallest absolute Gasteiger partial charge is 0.0319 e. The summed E-state index contributed by atoms with van der Waals surface area (Å²) < 4.78 is 0. The van der Waals surface area contributed by atoms with E-state index in [0.717, 1.165) is 20.0 Å². The van der Waals surface area contributed by atoms with Gasteiger partial charge in [0, 0.05) is 7.11 Å². The molecule has 18 heavy (non-hydrogen) atoms. The van der Waals surface area contributed by atoms with Crippen LogP contribution in [0.3, 0.4) is 0 Å². The van der Waals surface area contributed by atoms with Gasteiger partial charge < -0.3 is 5.11 Å². The number of hydrogen-bond acceptors (Lipinski definition) is 1. The summed E-state index contributed by atoms with van der Waals surface area (Å²) in [6.07, 6.45) is 8.85. The molecule has 0 aliphatic carbocycles. The Hall–Kier alpha value is -1.34. The summed E-state index contributed by atoms with van der Waals surface area (Å²) in [5, 5.41) is 7.00. The topological polar surface area (TPSA) is 20.2 Å². The largest absolute Gasteiger partial charge is 0.400 e. The maximum absolute atomic E-state index is 7.00. The molecule has 1 aromatic carbocycles. The fourth-order valence-electron chi connectivity index (χ4n) is 1.38. The van der Waals surface area contributed by atoms with Crippen molar-refractivity contribution in [2.45, 2.75) is 40.5 Å². The van der Waals surface area contributed by atoms with Gasteiger partial charge in [0.2, 0.25) is 0 Å². The monoisotopic (exact) mass is 248 g/mol. The van der Waals surface area contributed by atoms with E-state index in [0.29, 0.717) is 0 Å². The summed E-state index contributed by atoms with van der Waals surface area (Å²) in [4.78, 5) is 0. The highest BCUT2D eigenvalue weighted by atomic mass is 16.2. The molecule has 1 nitrogen and oxygen atoms in total. The predicted molar refractivity (Wildman–Crippen MR) is 83.6 cm³/mol. The Morgan fingerprint density at radius 1 is 1.00 bits per heavy atom. The molecule has 0 aliphatic rings. The van der Waals surface area contributed by atoms with Crippen LogP contribution in [0, 0.1) is 0 Å². The molecule has 0 saturated heterocycles. The molecule has 0 bridgehead atoms. The van der Waals surface area contributed by atoms with Gasteiger partial charge in [0.15, 0.2) is 0 Å². The van der Waals surface area contributed by atoms with Crippen LogP contribution in [0.15, 0.2) is 48.6 Å². The molecule has 0 unspecified atom stereocenters. The van der Waals surface area contributed by atoms with Crippen LogP contribution < -0.4 is 0 Å². The summed E-state index contributed by atoms with van der Waals surface area (Å²) in [7, 11) is 1.00. The molecule has 0 spiro atoms. The van der Waals surface area contributed by atoms with Crippen LogP contribution in [-0.4, -0.2) is 12.2 Å². The van der Waals surface area contributed by atoms with Gasteiger partial charge >= 0.3 is 0 Å². The fraction of sp³-hybridized carbons (Fsp3) is 0.412. The minimum Gasteiger partial charge on any atom is -0.400 e. The highest BCUT2D eigenvalue weighted by Gasteiger charge is 1.94. The first-order valence-electron chi connectivity index (χ1n) is 6.75. The zero-order chi connectivity index (χ0) is 14.2. The van der Waals surface area contributed by atoms with Gasteiger partial charge in [-0.2, -0.15) is 0 Å². The molecule has 0 aliphatic heterocycles. The van der Waals surface area contributed by atoms with E-state index in [1.54, 1.807) is 0 Å². The molecule has 1 aromatic rings. The number of hydrogen-bond donors (Lipinski definition) is 1. The Morgan fingerprint density at radius 3 is 2.00 bits per heavy atom. The second-order valence-corrected chi connectivity index (χ2v) is 3.24. The Balaban J connectivity index is 0. The molecular weight excluding hydrogens is 220 g/mol. The van der Waals surface area contributed by atoms with E-state index in [1.807, 2.05) is 13.8 Å². The molecule has 0 radical (unpaired) electrons. The normalized spacial score (nSPS) is 10.2. The Morgan fingerprint density at radius 2 is 1.56 bits per heavy atom. The van der Waals surface area contributed by atoms with E-state index in [9.17, 15) is 0 Å². The minimum absolute atomic E-state index is 1.00. The summed E-state index contributed by atoms with van der Waals surface area (Å²) in [6.45, 7) is 8.33.